The lowest BCUT2D eigenvalue weighted by atomic mass is 9.88. The van der Waals surface area contributed by atoms with Crippen LogP contribution >= 0.6 is 0 Å². The van der Waals surface area contributed by atoms with Crippen LogP contribution in [-0.4, -0.2) is 88.8 Å². The van der Waals surface area contributed by atoms with Gasteiger partial charge in [-0.05, 0) is 74.6 Å². The summed E-state index contributed by atoms with van der Waals surface area (Å²) in [7, 11) is 1.59. The largest absolute Gasteiger partial charge is 0.480 e. The summed E-state index contributed by atoms with van der Waals surface area (Å²) in [5, 5.41) is 15.3. The first-order chi connectivity index (χ1) is 23.7. The molecule has 4 amide bonds. The van der Waals surface area contributed by atoms with E-state index in [0.717, 1.165) is 11.1 Å². The molecule has 0 saturated carbocycles. The maximum absolute atomic E-state index is 13.8. The Balaban J connectivity index is 1.66. The van der Waals surface area contributed by atoms with Crippen LogP contribution in [0.5, 0.6) is 0 Å². The highest BCUT2D eigenvalue weighted by Gasteiger charge is 2.40. The number of hydrogen-bond donors (Lipinski definition) is 6. The second-order valence-corrected chi connectivity index (χ2v) is 13.7. The number of amides is 4. The van der Waals surface area contributed by atoms with Crippen LogP contribution in [0, 0.1) is 5.92 Å². The summed E-state index contributed by atoms with van der Waals surface area (Å²) in [6.45, 7) is 4.69. The van der Waals surface area contributed by atoms with Gasteiger partial charge in [-0.15, -0.1) is 0 Å². The molecule has 13 nitrogen and oxygen atoms in total. The van der Waals surface area contributed by atoms with Gasteiger partial charge in [0.1, 0.15) is 17.6 Å². The molecule has 274 valence electrons. The number of hydrogen-bond acceptors (Lipinski definition) is 8. The van der Waals surface area contributed by atoms with E-state index in [1.54, 1.807) is 24.1 Å². The van der Waals surface area contributed by atoms with Crippen molar-refractivity contribution >= 4 is 35.3 Å². The van der Waals surface area contributed by atoms with Crippen molar-refractivity contribution in [2.75, 3.05) is 32.0 Å². The normalized spacial score (nSPS) is 15.9. The van der Waals surface area contributed by atoms with Crippen LogP contribution in [0.1, 0.15) is 82.4 Å². The third kappa shape index (κ3) is 11.6. The van der Waals surface area contributed by atoms with E-state index in [2.05, 4.69) is 10.6 Å². The average Bonchev–Trinajstić information content (AvgIpc) is 3.09. The first kappa shape index (κ1) is 40.1. The van der Waals surface area contributed by atoms with Crippen molar-refractivity contribution in [1.82, 2.24) is 15.1 Å². The number of nitrogens with two attached hydrogens (primary N) is 3. The Morgan fingerprint density at radius 3 is 2.24 bits per heavy atom. The zero-order valence-electron chi connectivity index (χ0n) is 29.6. The van der Waals surface area contributed by atoms with Gasteiger partial charge >= 0.3 is 5.97 Å². The fourth-order valence-electron chi connectivity index (χ4n) is 6.14. The lowest BCUT2D eigenvalue weighted by Gasteiger charge is -2.38. The first-order valence-corrected chi connectivity index (χ1v) is 17.5. The Bertz CT molecular complexity index is 1440. The van der Waals surface area contributed by atoms with E-state index < -0.39 is 35.5 Å². The highest BCUT2D eigenvalue weighted by atomic mass is 16.4. The van der Waals surface area contributed by atoms with E-state index in [9.17, 15) is 29.1 Å². The molecule has 0 radical (unpaired) electrons. The maximum Gasteiger partial charge on any atom is 0.323 e. The minimum absolute atomic E-state index is 0.0707. The maximum atomic E-state index is 13.8. The molecule has 1 unspecified atom stereocenters. The summed E-state index contributed by atoms with van der Waals surface area (Å²) in [5.41, 5.74) is 18.8. The molecule has 0 bridgehead atoms. The van der Waals surface area contributed by atoms with Gasteiger partial charge in [0.15, 0.2) is 0 Å². The quantitative estimate of drug-likeness (QED) is 0.126. The number of piperidine rings is 1. The van der Waals surface area contributed by atoms with Gasteiger partial charge in [0.25, 0.3) is 0 Å². The van der Waals surface area contributed by atoms with Crippen molar-refractivity contribution in [2.45, 2.75) is 95.3 Å². The molecule has 0 aromatic heterocycles. The Morgan fingerprint density at radius 1 is 0.980 bits per heavy atom. The van der Waals surface area contributed by atoms with Gasteiger partial charge in [0, 0.05) is 44.7 Å². The molecule has 2 aromatic carbocycles. The van der Waals surface area contributed by atoms with Gasteiger partial charge < -0.3 is 42.7 Å². The number of benzene rings is 2. The molecule has 3 rings (SSSR count). The van der Waals surface area contributed by atoms with Crippen molar-refractivity contribution in [1.29, 1.82) is 0 Å². The lowest BCUT2D eigenvalue weighted by Crippen LogP contribution is -2.60. The molecule has 1 aliphatic heterocycles. The van der Waals surface area contributed by atoms with E-state index in [4.69, 9.17) is 17.2 Å². The summed E-state index contributed by atoms with van der Waals surface area (Å²) in [4.78, 5) is 68.5. The number of carbonyl (C=O) groups is 5. The molecule has 1 heterocycles. The fourth-order valence-corrected chi connectivity index (χ4v) is 6.14. The Kier molecular flexibility index (Phi) is 15.4. The van der Waals surface area contributed by atoms with Crippen molar-refractivity contribution < 1.29 is 29.1 Å². The van der Waals surface area contributed by atoms with Crippen molar-refractivity contribution in [3.05, 3.63) is 65.7 Å². The number of carbonyl (C=O) groups excluding carboxylic acids is 4. The topological polar surface area (TPSA) is 214 Å². The Morgan fingerprint density at radius 2 is 1.62 bits per heavy atom. The molecule has 3 atom stereocenters. The highest BCUT2D eigenvalue weighted by molar-refractivity contribution is 5.93. The number of likely N-dealkylation sites (N-methyl/N-ethyl adjacent to an activating group) is 1. The van der Waals surface area contributed by atoms with Crippen LogP contribution in [0.4, 0.5) is 5.69 Å². The van der Waals surface area contributed by atoms with E-state index in [1.165, 1.54) is 4.90 Å². The third-order valence-corrected chi connectivity index (χ3v) is 9.35. The molecule has 0 aliphatic carbocycles. The molecular formula is C37H55N7O6. The molecule has 9 N–H and O–H groups in total. The van der Waals surface area contributed by atoms with Crippen LogP contribution in [-0.2, 0) is 30.4 Å². The number of nitrogens with zero attached hydrogens (tertiary/aromatic N) is 2. The van der Waals surface area contributed by atoms with Gasteiger partial charge in [0.05, 0.1) is 0 Å². The minimum atomic E-state index is -1.39. The SMILES string of the molecule is CC(C)C[C@H](C(=O)N[C@H](CCCCN)C(=O)N1CCC(N)(C(=O)O)CC1)N(C)C(=O)CCc1ccccc1NC(=O)CC(N)c1ccccc1. The van der Waals surface area contributed by atoms with Gasteiger partial charge in [-0.1, -0.05) is 62.4 Å². The van der Waals surface area contributed by atoms with Gasteiger partial charge in [-0.3, -0.25) is 24.0 Å². The summed E-state index contributed by atoms with van der Waals surface area (Å²) in [6.07, 6.45) is 2.74. The van der Waals surface area contributed by atoms with Crippen molar-refractivity contribution in [3.63, 3.8) is 0 Å². The number of likely N-dealkylation sites (tertiary alicyclic amines) is 1. The van der Waals surface area contributed by atoms with Crippen LogP contribution in [0.25, 0.3) is 0 Å². The zero-order chi connectivity index (χ0) is 36.8. The first-order valence-electron chi connectivity index (χ1n) is 17.5. The van der Waals surface area contributed by atoms with Crippen molar-refractivity contribution in [2.24, 2.45) is 23.1 Å². The Hall–Kier alpha value is -4.33. The minimum Gasteiger partial charge on any atom is -0.480 e. The second kappa shape index (κ2) is 19.2. The summed E-state index contributed by atoms with van der Waals surface area (Å²) in [6, 6.07) is 14.5. The average molecular weight is 694 g/mol. The standard InChI is InChI=1S/C37H55N7O6/c1-25(2)23-31(34(47)42-30(15-9-10-20-38)35(48)44-21-18-37(40,19-22-44)36(49)50)43(3)33(46)17-16-27-13-7-8-14-29(27)41-32(45)24-28(39)26-11-5-4-6-12-26/h4-8,11-14,25,28,30-31H,9-10,15-24,38-40H2,1-3H3,(H,41,45)(H,42,47)(H,49,50)/t28?,30-,31-/m1/s1. The monoisotopic (exact) mass is 693 g/mol. The Labute approximate surface area is 295 Å². The molecule has 50 heavy (non-hydrogen) atoms. The smallest absolute Gasteiger partial charge is 0.323 e. The van der Waals surface area contributed by atoms with Crippen LogP contribution < -0.4 is 27.8 Å². The summed E-state index contributed by atoms with van der Waals surface area (Å²) in [5.74, 6) is -2.26. The molecular weight excluding hydrogens is 638 g/mol. The number of aliphatic carboxylic acids is 1. The number of rotatable bonds is 18. The summed E-state index contributed by atoms with van der Waals surface area (Å²) < 4.78 is 0. The number of para-hydroxylation sites is 1. The number of aryl methyl sites for hydroxylation is 1. The van der Waals surface area contributed by atoms with Crippen LogP contribution in [0.15, 0.2) is 54.6 Å². The molecule has 1 saturated heterocycles. The predicted octanol–water partition coefficient (Wildman–Crippen LogP) is 2.54. The lowest BCUT2D eigenvalue weighted by molar-refractivity contribution is -0.148. The van der Waals surface area contributed by atoms with Gasteiger partial charge in [-0.25, -0.2) is 0 Å². The molecule has 2 aromatic rings. The van der Waals surface area contributed by atoms with Gasteiger partial charge in [-0.2, -0.15) is 0 Å². The number of anilines is 1. The molecule has 1 aliphatic rings. The van der Waals surface area contributed by atoms with E-state index in [0.29, 0.717) is 44.3 Å². The van der Waals surface area contributed by atoms with Crippen LogP contribution in [0.3, 0.4) is 0 Å². The van der Waals surface area contributed by atoms with Gasteiger partial charge in [0.2, 0.25) is 23.6 Å². The van der Waals surface area contributed by atoms with Crippen LogP contribution in [0.2, 0.25) is 0 Å². The summed E-state index contributed by atoms with van der Waals surface area (Å²) >= 11 is 0. The highest BCUT2D eigenvalue weighted by Crippen LogP contribution is 2.23. The molecule has 0 spiro atoms. The van der Waals surface area contributed by atoms with E-state index in [1.807, 2.05) is 56.3 Å². The fraction of sp³-hybridized carbons (Fsp3) is 0.541. The predicted molar refractivity (Wildman–Crippen MR) is 193 cm³/mol. The molecule has 1 fully saturated rings. The second-order valence-electron chi connectivity index (χ2n) is 13.7. The van der Waals surface area contributed by atoms with E-state index >= 15 is 0 Å². The third-order valence-electron chi connectivity index (χ3n) is 9.35. The zero-order valence-corrected chi connectivity index (χ0v) is 29.6. The molecule has 13 heteroatoms. The van der Waals surface area contributed by atoms with E-state index in [-0.39, 0.29) is 62.4 Å². The number of nitrogens with one attached hydrogen (secondary N) is 2. The van der Waals surface area contributed by atoms with Crippen molar-refractivity contribution in [3.8, 4) is 0 Å². The number of carboxylic acids is 1. The number of unbranched alkanes of at least 4 members (excludes halogenated alkanes) is 1. The number of carboxylic acid groups (broad SMARTS) is 1.